The van der Waals surface area contributed by atoms with Crippen LogP contribution in [0.15, 0.2) is 28.0 Å². The van der Waals surface area contributed by atoms with Gasteiger partial charge in [0.05, 0.1) is 11.6 Å². The maximum absolute atomic E-state index is 12.8. The third kappa shape index (κ3) is 4.63. The van der Waals surface area contributed by atoms with Crippen molar-refractivity contribution in [2.24, 2.45) is 0 Å². The first-order valence-electron chi connectivity index (χ1n) is 8.14. The van der Waals surface area contributed by atoms with E-state index in [0.29, 0.717) is 16.1 Å². The molecule has 7 nitrogen and oxygen atoms in total. The average molecular weight is 378 g/mol. The molecule has 0 aromatic carbocycles. The number of nitrogens with zero attached hydrogens (tertiary/aromatic N) is 2. The molecule has 0 fully saturated rings. The van der Waals surface area contributed by atoms with Gasteiger partial charge in [-0.2, -0.15) is 0 Å². The molecule has 0 bridgehead atoms. The van der Waals surface area contributed by atoms with Gasteiger partial charge in [-0.1, -0.05) is 0 Å². The molecule has 0 unspecified atom stereocenters. The summed E-state index contributed by atoms with van der Waals surface area (Å²) in [6.07, 6.45) is 1.86. The highest BCUT2D eigenvalue weighted by Crippen LogP contribution is 2.19. The van der Waals surface area contributed by atoms with Crippen molar-refractivity contribution in [2.75, 3.05) is 12.9 Å². The second-order valence-corrected chi connectivity index (χ2v) is 7.35. The van der Waals surface area contributed by atoms with Gasteiger partial charge in [-0.25, -0.2) is 9.78 Å². The molecule has 8 heteroatoms. The Balaban J connectivity index is 2.62. The molecule has 0 spiro atoms. The predicted molar refractivity (Wildman–Crippen MR) is 99.6 cm³/mol. The zero-order valence-electron chi connectivity index (χ0n) is 15.5. The second kappa shape index (κ2) is 7.90. The highest BCUT2D eigenvalue weighted by atomic mass is 32.2. The van der Waals surface area contributed by atoms with Crippen LogP contribution in [0.5, 0.6) is 0 Å². The Morgan fingerprint density at radius 1 is 1.27 bits per heavy atom. The van der Waals surface area contributed by atoms with Crippen LogP contribution in [0.1, 0.15) is 38.1 Å². The van der Waals surface area contributed by atoms with E-state index in [1.54, 1.807) is 39.8 Å². The number of pyridine rings is 2. The molecule has 0 aliphatic heterocycles. The van der Waals surface area contributed by atoms with Crippen LogP contribution in [-0.2, 0) is 20.8 Å². The molecule has 2 heterocycles. The fraction of sp³-hybridized carbons (Fsp3) is 0.444. The monoisotopic (exact) mass is 378 g/mol. The summed E-state index contributed by atoms with van der Waals surface area (Å²) in [6, 6.07) is 4.98. The van der Waals surface area contributed by atoms with E-state index in [1.807, 2.05) is 6.26 Å². The highest BCUT2D eigenvalue weighted by molar-refractivity contribution is 7.98. The van der Waals surface area contributed by atoms with Crippen LogP contribution in [0, 0.1) is 0 Å². The van der Waals surface area contributed by atoms with Crippen molar-refractivity contribution in [3.63, 3.8) is 0 Å². The first kappa shape index (κ1) is 20.0. The third-order valence-corrected chi connectivity index (χ3v) is 3.97. The van der Waals surface area contributed by atoms with E-state index in [1.165, 1.54) is 17.8 Å². The zero-order valence-corrected chi connectivity index (χ0v) is 16.3. The Kier molecular flexibility index (Phi) is 6.07. The summed E-state index contributed by atoms with van der Waals surface area (Å²) in [5, 5.41) is 1.26. The molecule has 0 radical (unpaired) electrons. The van der Waals surface area contributed by atoms with Crippen molar-refractivity contribution in [3.8, 4) is 0 Å². The Labute approximate surface area is 155 Å². The minimum Gasteiger partial charge on any atom is -0.462 e. The Morgan fingerprint density at radius 2 is 1.96 bits per heavy atom. The van der Waals surface area contributed by atoms with E-state index >= 15 is 0 Å². The number of esters is 2. The maximum atomic E-state index is 12.8. The highest BCUT2D eigenvalue weighted by Gasteiger charge is 2.22. The average Bonchev–Trinajstić information content (AvgIpc) is 2.55. The number of hydrogen-bond donors (Lipinski definition) is 0. The van der Waals surface area contributed by atoms with Crippen LogP contribution in [0.4, 0.5) is 0 Å². The lowest BCUT2D eigenvalue weighted by molar-refractivity contribution is -0.155. The Bertz CT molecular complexity index is 899. The minimum absolute atomic E-state index is 0.137. The van der Waals surface area contributed by atoms with Crippen molar-refractivity contribution >= 4 is 34.7 Å². The van der Waals surface area contributed by atoms with E-state index in [9.17, 15) is 14.4 Å². The standard InChI is InChI=1S/C18H22N2O5S/c1-6-24-17(23)12-9-11-7-8-13(26-5)19-15(11)20(16(12)22)10-14(21)25-18(2,3)4/h7-9H,6,10H2,1-5H3. The maximum Gasteiger partial charge on any atom is 0.343 e. The second-order valence-electron chi connectivity index (χ2n) is 6.52. The molecule has 0 saturated heterocycles. The fourth-order valence-corrected chi connectivity index (χ4v) is 2.73. The van der Waals surface area contributed by atoms with Gasteiger partial charge in [0.2, 0.25) is 0 Å². The zero-order chi connectivity index (χ0) is 19.5. The minimum atomic E-state index is -0.730. The van der Waals surface area contributed by atoms with Crippen molar-refractivity contribution in [1.29, 1.82) is 0 Å². The fourth-order valence-electron chi connectivity index (χ4n) is 2.35. The first-order chi connectivity index (χ1) is 12.2. The van der Waals surface area contributed by atoms with Gasteiger partial charge in [0.15, 0.2) is 0 Å². The number of ether oxygens (including phenoxy) is 2. The summed E-state index contributed by atoms with van der Waals surface area (Å²) in [4.78, 5) is 41.6. The molecule has 26 heavy (non-hydrogen) atoms. The predicted octanol–water partition coefficient (Wildman–Crippen LogP) is 2.64. The van der Waals surface area contributed by atoms with Gasteiger partial charge < -0.3 is 9.47 Å². The van der Waals surface area contributed by atoms with Gasteiger partial charge in [-0.05, 0) is 52.1 Å². The lowest BCUT2D eigenvalue weighted by Gasteiger charge is -2.20. The Hall–Kier alpha value is -2.35. The van der Waals surface area contributed by atoms with Crippen LogP contribution in [0.25, 0.3) is 11.0 Å². The van der Waals surface area contributed by atoms with E-state index in [0.717, 1.165) is 4.57 Å². The van der Waals surface area contributed by atoms with Crippen LogP contribution in [0.2, 0.25) is 0 Å². The molecular formula is C18H22N2O5S. The Morgan fingerprint density at radius 3 is 2.54 bits per heavy atom. The number of hydrogen-bond acceptors (Lipinski definition) is 7. The lowest BCUT2D eigenvalue weighted by atomic mass is 10.2. The number of thioether (sulfide) groups is 1. The molecule has 0 atom stereocenters. The topological polar surface area (TPSA) is 87.5 Å². The van der Waals surface area contributed by atoms with Gasteiger partial charge in [0.25, 0.3) is 5.56 Å². The summed E-state index contributed by atoms with van der Waals surface area (Å²) < 4.78 is 11.4. The number of aromatic nitrogens is 2. The quantitative estimate of drug-likeness (QED) is 0.584. The number of carbonyl (C=O) groups is 2. The van der Waals surface area contributed by atoms with Gasteiger partial charge in [-0.3, -0.25) is 14.2 Å². The summed E-state index contributed by atoms with van der Waals surface area (Å²) in [7, 11) is 0. The van der Waals surface area contributed by atoms with E-state index in [-0.39, 0.29) is 18.7 Å². The van der Waals surface area contributed by atoms with Gasteiger partial charge in [-0.15, -0.1) is 11.8 Å². The molecule has 0 aliphatic rings. The first-order valence-corrected chi connectivity index (χ1v) is 9.36. The molecule has 140 valence electrons. The van der Waals surface area contributed by atoms with E-state index < -0.39 is 23.1 Å². The summed E-state index contributed by atoms with van der Waals surface area (Å²) in [6.45, 7) is 6.68. The molecular weight excluding hydrogens is 356 g/mol. The molecule has 0 amide bonds. The molecule has 2 aromatic rings. The van der Waals surface area contributed by atoms with Crippen molar-refractivity contribution < 1.29 is 19.1 Å². The van der Waals surface area contributed by atoms with Crippen LogP contribution < -0.4 is 5.56 Å². The molecule has 0 saturated carbocycles. The number of rotatable bonds is 5. The van der Waals surface area contributed by atoms with Gasteiger partial charge in [0.1, 0.15) is 23.4 Å². The molecule has 2 aromatic heterocycles. The number of carbonyl (C=O) groups excluding carboxylic acids is 2. The van der Waals surface area contributed by atoms with Crippen LogP contribution in [-0.4, -0.2) is 40.0 Å². The molecule has 2 rings (SSSR count). The SMILES string of the molecule is CCOC(=O)c1cc2ccc(SC)nc2n(CC(=O)OC(C)(C)C)c1=O. The van der Waals surface area contributed by atoms with E-state index in [4.69, 9.17) is 9.47 Å². The lowest BCUT2D eigenvalue weighted by Crippen LogP contribution is -2.33. The third-order valence-electron chi connectivity index (χ3n) is 3.32. The van der Waals surface area contributed by atoms with Gasteiger partial charge in [0, 0.05) is 5.39 Å². The van der Waals surface area contributed by atoms with Crippen LogP contribution in [0.3, 0.4) is 0 Å². The summed E-state index contributed by atoms with van der Waals surface area (Å²) >= 11 is 1.41. The van der Waals surface area contributed by atoms with E-state index in [2.05, 4.69) is 4.98 Å². The summed E-state index contributed by atoms with van der Waals surface area (Å²) in [5.41, 5.74) is -1.14. The smallest absolute Gasteiger partial charge is 0.343 e. The van der Waals surface area contributed by atoms with Crippen molar-refractivity contribution in [1.82, 2.24) is 9.55 Å². The number of fused-ring (bicyclic) bond motifs is 1. The van der Waals surface area contributed by atoms with Gasteiger partial charge >= 0.3 is 11.9 Å². The van der Waals surface area contributed by atoms with Crippen LogP contribution >= 0.6 is 11.8 Å². The largest absolute Gasteiger partial charge is 0.462 e. The van der Waals surface area contributed by atoms with Crippen molar-refractivity contribution in [3.05, 3.63) is 34.1 Å². The molecule has 0 N–H and O–H groups in total. The normalized spacial score (nSPS) is 11.4. The summed E-state index contributed by atoms with van der Waals surface area (Å²) in [5.74, 6) is -1.32. The molecule has 0 aliphatic carbocycles. The van der Waals surface area contributed by atoms with Crippen molar-refractivity contribution in [2.45, 2.75) is 44.9 Å².